The fourth-order valence-electron chi connectivity index (χ4n) is 5.37. The molecule has 3 aromatic rings. The number of rotatable bonds is 7. The van der Waals surface area contributed by atoms with Crippen molar-refractivity contribution in [3.63, 3.8) is 0 Å². The van der Waals surface area contributed by atoms with E-state index >= 15 is 0 Å². The molecule has 3 heterocycles. The van der Waals surface area contributed by atoms with Crippen molar-refractivity contribution in [2.75, 3.05) is 31.8 Å². The second-order valence-corrected chi connectivity index (χ2v) is 11.0. The topological polar surface area (TPSA) is 139 Å². The quantitative estimate of drug-likeness (QED) is 0.331. The summed E-state index contributed by atoms with van der Waals surface area (Å²) in [6, 6.07) is 3.75. The van der Waals surface area contributed by atoms with E-state index in [9.17, 15) is 33.3 Å². The van der Waals surface area contributed by atoms with Crippen LogP contribution in [0, 0.1) is 17.5 Å². The van der Waals surface area contributed by atoms with Gasteiger partial charge < -0.3 is 34.4 Å². The van der Waals surface area contributed by atoms with Gasteiger partial charge in [-0.2, -0.15) is 0 Å². The van der Waals surface area contributed by atoms with Gasteiger partial charge in [-0.15, -0.1) is 5.10 Å². The Balaban J connectivity index is 1.55. The maximum atomic E-state index is 14.4. The van der Waals surface area contributed by atoms with Gasteiger partial charge in [-0.1, -0.05) is 28.4 Å². The van der Waals surface area contributed by atoms with Crippen LogP contribution in [0.2, 0.25) is 10.0 Å². The fraction of sp³-hybridized carbons (Fsp3) is 0.444. The van der Waals surface area contributed by atoms with E-state index in [0.29, 0.717) is 0 Å². The second-order valence-electron chi connectivity index (χ2n) is 10.1. The zero-order chi connectivity index (χ0) is 31.0. The molecular formula is C27H27Cl2F3N4O7. The summed E-state index contributed by atoms with van der Waals surface area (Å²) in [5, 5.41) is 40.4. The molecule has 2 saturated heterocycles. The van der Waals surface area contributed by atoms with Crippen LogP contribution in [0.1, 0.15) is 12.5 Å². The third-order valence-corrected chi connectivity index (χ3v) is 7.90. The number of aromatic nitrogens is 3. The van der Waals surface area contributed by atoms with Gasteiger partial charge in [0.15, 0.2) is 23.6 Å². The maximum absolute atomic E-state index is 14.4. The van der Waals surface area contributed by atoms with E-state index < -0.39 is 72.6 Å². The molecule has 0 radical (unpaired) electrons. The highest BCUT2D eigenvalue weighted by molar-refractivity contribution is 6.35. The Bertz CT molecular complexity index is 1440. The Morgan fingerprint density at radius 3 is 2.42 bits per heavy atom. The molecule has 1 aromatic heterocycles. The molecule has 1 amide bonds. The normalized spacial score (nSPS) is 27.7. The minimum atomic E-state index is -1.65. The van der Waals surface area contributed by atoms with Gasteiger partial charge in [0.1, 0.15) is 30.0 Å². The van der Waals surface area contributed by atoms with E-state index in [2.05, 4.69) is 10.3 Å². The number of aliphatic hydroxyl groups is 3. The van der Waals surface area contributed by atoms with E-state index in [0.717, 1.165) is 16.8 Å². The highest BCUT2D eigenvalue weighted by atomic mass is 35.5. The summed E-state index contributed by atoms with van der Waals surface area (Å²) in [6.07, 6.45) is -5.15. The SMILES string of the molecule is COC1C(C(=O)N(c2cc(Cl)cc(Cl)c2)[C@@H]2COCC[C@H]2O)OC(CO)C(O)C1n1cc(-c2cc(F)c(F)c(F)c2)nn1. The summed E-state index contributed by atoms with van der Waals surface area (Å²) in [4.78, 5) is 15.6. The number of anilines is 1. The number of methoxy groups -OCH3 is 1. The molecule has 0 spiro atoms. The van der Waals surface area contributed by atoms with Crippen molar-refractivity contribution < 1.29 is 47.5 Å². The van der Waals surface area contributed by atoms with Crippen LogP contribution in [0.15, 0.2) is 36.5 Å². The Hall–Kier alpha value is -2.82. The van der Waals surface area contributed by atoms with Gasteiger partial charge in [-0.3, -0.25) is 4.79 Å². The van der Waals surface area contributed by atoms with Crippen LogP contribution < -0.4 is 4.90 Å². The van der Waals surface area contributed by atoms with Gasteiger partial charge in [0.2, 0.25) is 0 Å². The largest absolute Gasteiger partial charge is 0.394 e. The highest BCUT2D eigenvalue weighted by Crippen LogP contribution is 2.36. The van der Waals surface area contributed by atoms with Crippen molar-refractivity contribution >= 4 is 34.8 Å². The number of halogens is 5. The summed E-state index contributed by atoms with van der Waals surface area (Å²) >= 11 is 12.5. The number of nitrogens with zero attached hydrogens (tertiary/aromatic N) is 4. The second kappa shape index (κ2) is 13.0. The van der Waals surface area contributed by atoms with Gasteiger partial charge in [-0.25, -0.2) is 17.9 Å². The third kappa shape index (κ3) is 6.24. The Labute approximate surface area is 253 Å². The molecule has 2 fully saturated rings. The molecule has 7 atom stereocenters. The number of benzene rings is 2. The van der Waals surface area contributed by atoms with Crippen molar-refractivity contribution in [1.29, 1.82) is 0 Å². The monoisotopic (exact) mass is 646 g/mol. The van der Waals surface area contributed by atoms with Gasteiger partial charge >= 0.3 is 0 Å². The first-order chi connectivity index (χ1) is 20.5. The van der Waals surface area contributed by atoms with Crippen LogP contribution in [-0.4, -0.2) is 99.7 Å². The molecule has 3 N–H and O–H groups in total. The van der Waals surface area contributed by atoms with Crippen molar-refractivity contribution in [2.24, 2.45) is 0 Å². The molecular weight excluding hydrogens is 620 g/mol. The van der Waals surface area contributed by atoms with Gasteiger partial charge in [0.05, 0.1) is 31.6 Å². The Kier molecular flexibility index (Phi) is 9.58. The number of hydrogen-bond acceptors (Lipinski definition) is 9. The Morgan fingerprint density at radius 2 is 1.81 bits per heavy atom. The van der Waals surface area contributed by atoms with Crippen LogP contribution in [0.5, 0.6) is 0 Å². The standard InChI is InChI=1S/C27H27Cl2F3N4O7/c1-41-25-23(35-9-18(33-34-35)12-4-16(30)22(32)17(31)5-12)24(39)21(10-37)43-26(25)27(40)36(19-11-42-3-2-20(19)38)15-7-13(28)6-14(29)8-15/h4-9,19-21,23-26,37-39H,2-3,10-11H2,1H3/t19-,20-,21?,23?,24?,25?,26?/m1/s1. The number of hydrogen-bond donors (Lipinski definition) is 3. The summed E-state index contributed by atoms with van der Waals surface area (Å²) in [5.41, 5.74) is 0.00867. The lowest BCUT2D eigenvalue weighted by atomic mass is 9.91. The molecule has 16 heteroatoms. The molecule has 43 heavy (non-hydrogen) atoms. The third-order valence-electron chi connectivity index (χ3n) is 7.46. The van der Waals surface area contributed by atoms with Crippen molar-refractivity contribution in [3.8, 4) is 11.3 Å². The minimum absolute atomic E-state index is 0.0336. The molecule has 0 saturated carbocycles. The number of ether oxygens (including phenoxy) is 3. The van der Waals surface area contributed by atoms with Gasteiger partial charge in [-0.05, 0) is 36.8 Å². The van der Waals surface area contributed by atoms with Gasteiger partial charge in [0, 0.05) is 35.0 Å². The van der Waals surface area contributed by atoms with E-state index in [4.69, 9.17) is 37.4 Å². The summed E-state index contributed by atoms with van der Waals surface area (Å²) < 4.78 is 59.5. The smallest absolute Gasteiger partial charge is 0.259 e. The number of carbonyl (C=O) groups is 1. The number of amides is 1. The van der Waals surface area contributed by atoms with Crippen LogP contribution >= 0.6 is 23.2 Å². The molecule has 2 aliphatic rings. The average Bonchev–Trinajstić information content (AvgIpc) is 3.45. The average molecular weight is 647 g/mol. The van der Waals surface area contributed by atoms with Crippen molar-refractivity contribution in [2.45, 2.75) is 49.0 Å². The lowest BCUT2D eigenvalue weighted by Crippen LogP contribution is -2.64. The number of carbonyl (C=O) groups excluding carboxylic acids is 1. The van der Waals surface area contributed by atoms with Crippen molar-refractivity contribution in [1.82, 2.24) is 15.0 Å². The summed E-state index contributed by atoms with van der Waals surface area (Å²) in [7, 11) is 1.26. The first-order valence-electron chi connectivity index (χ1n) is 13.1. The molecule has 232 valence electrons. The van der Waals surface area contributed by atoms with E-state index in [-0.39, 0.29) is 46.6 Å². The predicted octanol–water partition coefficient (Wildman–Crippen LogP) is 2.53. The number of aliphatic hydroxyl groups excluding tert-OH is 3. The maximum Gasteiger partial charge on any atom is 0.259 e. The fourth-order valence-corrected chi connectivity index (χ4v) is 5.89. The first-order valence-corrected chi connectivity index (χ1v) is 13.9. The molecule has 5 rings (SSSR count). The first kappa shape index (κ1) is 31.6. The van der Waals surface area contributed by atoms with Crippen LogP contribution in [0.4, 0.5) is 18.9 Å². The van der Waals surface area contributed by atoms with E-state index in [1.165, 1.54) is 36.4 Å². The van der Waals surface area contributed by atoms with Crippen molar-refractivity contribution in [3.05, 3.63) is 64.0 Å². The van der Waals surface area contributed by atoms with Crippen LogP contribution in [0.25, 0.3) is 11.3 Å². The lowest BCUT2D eigenvalue weighted by molar-refractivity contribution is -0.211. The zero-order valence-corrected chi connectivity index (χ0v) is 24.0. The Morgan fingerprint density at radius 1 is 1.14 bits per heavy atom. The molecule has 2 aliphatic heterocycles. The summed E-state index contributed by atoms with van der Waals surface area (Å²) in [5.74, 6) is -5.27. The molecule has 0 bridgehead atoms. The minimum Gasteiger partial charge on any atom is -0.394 e. The molecule has 0 aliphatic carbocycles. The molecule has 2 aromatic carbocycles. The molecule has 5 unspecified atom stereocenters. The lowest BCUT2D eigenvalue weighted by Gasteiger charge is -2.46. The van der Waals surface area contributed by atoms with E-state index in [1.807, 2.05) is 0 Å². The predicted molar refractivity (Wildman–Crippen MR) is 146 cm³/mol. The van der Waals surface area contributed by atoms with Crippen LogP contribution in [0.3, 0.4) is 0 Å². The summed E-state index contributed by atoms with van der Waals surface area (Å²) in [6.45, 7) is -0.478. The molecule has 11 nitrogen and oxygen atoms in total. The van der Waals surface area contributed by atoms with Gasteiger partial charge in [0.25, 0.3) is 5.91 Å². The van der Waals surface area contributed by atoms with Crippen LogP contribution in [-0.2, 0) is 19.0 Å². The highest BCUT2D eigenvalue weighted by Gasteiger charge is 2.52. The zero-order valence-electron chi connectivity index (χ0n) is 22.5. The van der Waals surface area contributed by atoms with E-state index in [1.54, 1.807) is 0 Å².